The lowest BCUT2D eigenvalue weighted by Crippen LogP contribution is -1.95. The highest BCUT2D eigenvalue weighted by atomic mass is 32.1. The Morgan fingerprint density at radius 3 is 1.67 bits per heavy atom. The van der Waals surface area contributed by atoms with Gasteiger partial charge in [-0.25, -0.2) is 0 Å². The Balaban J connectivity index is 1.36. The number of nitrogens with zero attached hydrogens (tertiary/aromatic N) is 2. The predicted octanol–water partition coefficient (Wildman–Crippen LogP) is 12.2. The molecule has 0 saturated carbocycles. The molecule has 46 heavy (non-hydrogen) atoms. The molecular formula is C43H28N2S. The number of benzene rings is 7. The second kappa shape index (κ2) is 9.68. The van der Waals surface area contributed by atoms with Gasteiger partial charge in [0, 0.05) is 58.7 Å². The van der Waals surface area contributed by atoms with Crippen LogP contribution in [0.1, 0.15) is 5.56 Å². The van der Waals surface area contributed by atoms with E-state index in [1.165, 1.54) is 91.8 Å². The van der Waals surface area contributed by atoms with Crippen LogP contribution in [0.5, 0.6) is 0 Å². The fourth-order valence-electron chi connectivity index (χ4n) is 7.54. The topological polar surface area (TPSA) is 9.86 Å². The molecule has 216 valence electrons. The molecule has 0 saturated heterocycles. The molecule has 7 aromatic carbocycles. The summed E-state index contributed by atoms with van der Waals surface area (Å²) in [7, 11) is 0. The molecule has 0 aliphatic carbocycles. The molecule has 0 aliphatic rings. The third-order valence-electron chi connectivity index (χ3n) is 9.57. The van der Waals surface area contributed by atoms with E-state index in [0.717, 1.165) is 0 Å². The second-order valence-corrected chi connectivity index (χ2v) is 13.3. The van der Waals surface area contributed by atoms with E-state index in [4.69, 9.17) is 0 Å². The van der Waals surface area contributed by atoms with Crippen molar-refractivity contribution < 1.29 is 0 Å². The Bertz CT molecular complexity index is 2790. The van der Waals surface area contributed by atoms with Crippen LogP contribution in [0, 0.1) is 6.92 Å². The number of aryl methyl sites for hydroxylation is 1. The fourth-order valence-corrected chi connectivity index (χ4v) is 8.76. The number of rotatable bonds is 3. The third kappa shape index (κ3) is 3.58. The van der Waals surface area contributed by atoms with Gasteiger partial charge in [-0.3, -0.25) is 0 Å². The van der Waals surface area contributed by atoms with E-state index in [1.807, 2.05) is 11.3 Å². The first-order valence-electron chi connectivity index (χ1n) is 15.8. The van der Waals surface area contributed by atoms with Gasteiger partial charge in [0.05, 0.1) is 22.1 Å². The molecule has 3 heteroatoms. The highest BCUT2D eigenvalue weighted by molar-refractivity contribution is 7.26. The standard InChI is InChI=1S/C43H28N2S/c1-27-19-21-29(22-20-27)44-36-16-8-5-14-32(36)41-38(44)23-24-39-42(41)33-15-6-9-17-37(33)45(39)30-25-34(28-11-3-2-4-12-28)43-35(26-30)31-13-7-10-18-40(31)46-43/h2-26H,1H3. The average molecular weight is 605 g/mol. The molecule has 10 aromatic rings. The van der Waals surface area contributed by atoms with Crippen LogP contribution in [0.3, 0.4) is 0 Å². The summed E-state index contributed by atoms with van der Waals surface area (Å²) in [6, 6.07) is 55.8. The molecule has 0 unspecified atom stereocenters. The Labute approximate surface area is 270 Å². The number of aromatic nitrogens is 2. The van der Waals surface area contributed by atoms with Gasteiger partial charge >= 0.3 is 0 Å². The number of fused-ring (bicyclic) bond motifs is 10. The summed E-state index contributed by atoms with van der Waals surface area (Å²) in [5.74, 6) is 0. The number of thiophene rings is 1. The lowest BCUT2D eigenvalue weighted by atomic mass is 10.0. The number of para-hydroxylation sites is 2. The number of hydrogen-bond donors (Lipinski definition) is 0. The number of hydrogen-bond acceptors (Lipinski definition) is 1. The van der Waals surface area contributed by atoms with Crippen molar-refractivity contribution in [2.45, 2.75) is 6.92 Å². The van der Waals surface area contributed by atoms with Gasteiger partial charge in [0.25, 0.3) is 0 Å². The van der Waals surface area contributed by atoms with Gasteiger partial charge < -0.3 is 9.13 Å². The van der Waals surface area contributed by atoms with Crippen LogP contribution < -0.4 is 0 Å². The third-order valence-corrected chi connectivity index (χ3v) is 10.8. The van der Waals surface area contributed by atoms with Crippen molar-refractivity contribution in [2.75, 3.05) is 0 Å². The van der Waals surface area contributed by atoms with Crippen molar-refractivity contribution >= 4 is 75.1 Å². The van der Waals surface area contributed by atoms with Gasteiger partial charge in [0.1, 0.15) is 0 Å². The Morgan fingerprint density at radius 2 is 1.00 bits per heavy atom. The molecule has 0 fully saturated rings. The second-order valence-electron chi connectivity index (χ2n) is 12.2. The lowest BCUT2D eigenvalue weighted by molar-refractivity contribution is 1.17. The Morgan fingerprint density at radius 1 is 0.435 bits per heavy atom. The van der Waals surface area contributed by atoms with Crippen molar-refractivity contribution in [2.24, 2.45) is 0 Å². The molecule has 0 spiro atoms. The van der Waals surface area contributed by atoms with Crippen molar-refractivity contribution in [3.8, 4) is 22.5 Å². The summed E-state index contributed by atoms with van der Waals surface area (Å²) in [5, 5.41) is 7.76. The molecule has 3 aromatic heterocycles. The van der Waals surface area contributed by atoms with Gasteiger partial charge in [-0.15, -0.1) is 11.3 Å². The van der Waals surface area contributed by atoms with Gasteiger partial charge in [0.2, 0.25) is 0 Å². The highest BCUT2D eigenvalue weighted by Gasteiger charge is 2.21. The first-order valence-corrected chi connectivity index (χ1v) is 16.6. The van der Waals surface area contributed by atoms with Gasteiger partial charge in [0.15, 0.2) is 0 Å². The van der Waals surface area contributed by atoms with Crippen molar-refractivity contribution in [1.82, 2.24) is 9.13 Å². The van der Waals surface area contributed by atoms with Crippen molar-refractivity contribution in [1.29, 1.82) is 0 Å². The van der Waals surface area contributed by atoms with Crippen LogP contribution in [-0.2, 0) is 0 Å². The summed E-state index contributed by atoms with van der Waals surface area (Å²) in [4.78, 5) is 0. The van der Waals surface area contributed by atoms with E-state index in [1.54, 1.807) is 0 Å². The quantitative estimate of drug-likeness (QED) is 0.190. The van der Waals surface area contributed by atoms with Crippen molar-refractivity contribution in [3.05, 3.63) is 157 Å². The molecule has 0 amide bonds. The first-order chi connectivity index (χ1) is 22.7. The maximum Gasteiger partial charge on any atom is 0.0548 e. The largest absolute Gasteiger partial charge is 0.309 e. The summed E-state index contributed by atoms with van der Waals surface area (Å²) in [5.41, 5.74) is 11.0. The van der Waals surface area contributed by atoms with E-state index in [0.29, 0.717) is 0 Å². The first kappa shape index (κ1) is 25.7. The van der Waals surface area contributed by atoms with E-state index in [-0.39, 0.29) is 0 Å². The van der Waals surface area contributed by atoms with Crippen LogP contribution in [0.2, 0.25) is 0 Å². The molecule has 2 nitrogen and oxygen atoms in total. The monoisotopic (exact) mass is 604 g/mol. The summed E-state index contributed by atoms with van der Waals surface area (Å²) in [6.07, 6.45) is 0. The molecule has 10 rings (SSSR count). The van der Waals surface area contributed by atoms with E-state index in [2.05, 4.69) is 168 Å². The van der Waals surface area contributed by atoms with E-state index < -0.39 is 0 Å². The van der Waals surface area contributed by atoms with Crippen molar-refractivity contribution in [3.63, 3.8) is 0 Å². The Hall–Kier alpha value is -5.64. The van der Waals surface area contributed by atoms with Crippen LogP contribution in [-0.4, -0.2) is 9.13 Å². The zero-order valence-electron chi connectivity index (χ0n) is 25.2. The van der Waals surface area contributed by atoms with Crippen LogP contribution in [0.25, 0.3) is 86.3 Å². The van der Waals surface area contributed by atoms with Gasteiger partial charge in [-0.05, 0) is 67.1 Å². The normalized spacial score (nSPS) is 12.0. The molecular weight excluding hydrogens is 577 g/mol. The minimum Gasteiger partial charge on any atom is -0.309 e. The Kier molecular flexibility index (Phi) is 5.40. The van der Waals surface area contributed by atoms with Gasteiger partial charge in [-0.2, -0.15) is 0 Å². The fraction of sp³-hybridized carbons (Fsp3) is 0.0233. The lowest BCUT2D eigenvalue weighted by Gasteiger charge is -2.13. The molecule has 3 heterocycles. The zero-order valence-corrected chi connectivity index (χ0v) is 26.1. The maximum absolute atomic E-state index is 2.49. The maximum atomic E-state index is 2.49. The van der Waals surface area contributed by atoms with Crippen LogP contribution in [0.4, 0.5) is 0 Å². The van der Waals surface area contributed by atoms with E-state index in [9.17, 15) is 0 Å². The SMILES string of the molecule is Cc1ccc(-n2c3ccccc3c3c4c5ccccc5n(-c5cc(-c6ccccc6)c6sc7ccccc7c6c5)c4ccc32)cc1. The zero-order chi connectivity index (χ0) is 30.4. The molecule has 0 N–H and O–H groups in total. The average Bonchev–Trinajstić information content (AvgIpc) is 3.76. The smallest absolute Gasteiger partial charge is 0.0548 e. The van der Waals surface area contributed by atoms with Crippen LogP contribution in [0.15, 0.2) is 152 Å². The molecule has 0 atom stereocenters. The summed E-state index contributed by atoms with van der Waals surface area (Å²) < 4.78 is 7.56. The van der Waals surface area contributed by atoms with Gasteiger partial charge in [-0.1, -0.05) is 103 Å². The predicted molar refractivity (Wildman–Crippen MR) is 198 cm³/mol. The minimum absolute atomic E-state index is 1.18. The molecule has 0 aliphatic heterocycles. The summed E-state index contributed by atoms with van der Waals surface area (Å²) >= 11 is 1.89. The van der Waals surface area contributed by atoms with Crippen LogP contribution >= 0.6 is 11.3 Å². The molecule has 0 bridgehead atoms. The minimum atomic E-state index is 1.18. The highest BCUT2D eigenvalue weighted by Crippen LogP contribution is 2.45. The summed E-state index contributed by atoms with van der Waals surface area (Å²) in [6.45, 7) is 2.15. The molecule has 0 radical (unpaired) electrons. The van der Waals surface area contributed by atoms with E-state index >= 15 is 0 Å².